The van der Waals surface area contributed by atoms with Crippen LogP contribution in [-0.2, 0) is 4.74 Å². The maximum Gasteiger partial charge on any atom is 0.149 e. The number of hydrogen-bond acceptors (Lipinski definition) is 6. The molecule has 34 heavy (non-hydrogen) atoms. The van der Waals surface area contributed by atoms with E-state index in [0.29, 0.717) is 18.7 Å². The highest BCUT2D eigenvalue weighted by atomic mass is 19.1. The molecule has 7 nitrogen and oxygen atoms in total. The number of halogens is 1. The first-order chi connectivity index (χ1) is 16.7. The van der Waals surface area contributed by atoms with Gasteiger partial charge in [0.25, 0.3) is 0 Å². The van der Waals surface area contributed by atoms with Crippen LogP contribution in [0.5, 0.6) is 11.5 Å². The van der Waals surface area contributed by atoms with Gasteiger partial charge < -0.3 is 19.5 Å². The molecule has 8 heteroatoms. The minimum atomic E-state index is -1.04. The molecule has 6 rings (SSSR count). The molecule has 2 saturated heterocycles. The van der Waals surface area contributed by atoms with Crippen molar-refractivity contribution in [3.63, 3.8) is 0 Å². The average molecular weight is 463 g/mol. The summed E-state index contributed by atoms with van der Waals surface area (Å²) in [5.41, 5.74) is 3.16. The molecular weight excluding hydrogens is 435 g/mol. The molecule has 0 radical (unpaired) electrons. The second kappa shape index (κ2) is 9.19. The Balaban J connectivity index is 1.30. The van der Waals surface area contributed by atoms with E-state index in [-0.39, 0.29) is 6.10 Å². The molecule has 0 bridgehead atoms. The average Bonchev–Trinajstić information content (AvgIpc) is 3.29. The highest BCUT2D eigenvalue weighted by Gasteiger charge is 2.27. The lowest BCUT2D eigenvalue weighted by molar-refractivity contribution is 0.0256. The van der Waals surface area contributed by atoms with Gasteiger partial charge in [0.15, 0.2) is 0 Å². The van der Waals surface area contributed by atoms with Gasteiger partial charge in [-0.1, -0.05) is 18.2 Å². The van der Waals surface area contributed by atoms with E-state index < -0.39 is 12.3 Å². The van der Waals surface area contributed by atoms with Gasteiger partial charge >= 0.3 is 0 Å². The number of nitrogens with one attached hydrogen (secondary N) is 1. The summed E-state index contributed by atoms with van der Waals surface area (Å²) in [6.07, 6.45) is 4.87. The van der Waals surface area contributed by atoms with Crippen LogP contribution in [0.4, 0.5) is 4.39 Å². The summed E-state index contributed by atoms with van der Waals surface area (Å²) in [5, 5.41) is 4.01. The summed E-state index contributed by atoms with van der Waals surface area (Å²) < 4.78 is 34.0. The Kier molecular flexibility index (Phi) is 5.76. The topological polar surface area (TPSA) is 69.9 Å². The molecular formula is C26H27FN4O3. The minimum Gasteiger partial charge on any atom is -0.490 e. The third kappa shape index (κ3) is 4.19. The van der Waals surface area contributed by atoms with Crippen LogP contribution in [0.1, 0.15) is 19.3 Å². The van der Waals surface area contributed by atoms with Crippen molar-refractivity contribution in [3.8, 4) is 22.9 Å². The van der Waals surface area contributed by atoms with Crippen molar-refractivity contribution in [2.75, 3.05) is 26.3 Å². The van der Waals surface area contributed by atoms with Crippen molar-refractivity contribution in [3.05, 3.63) is 54.9 Å². The van der Waals surface area contributed by atoms with Gasteiger partial charge in [0.1, 0.15) is 41.0 Å². The molecule has 4 aromatic rings. The lowest BCUT2D eigenvalue weighted by Crippen LogP contribution is -2.44. The molecule has 1 N–H and O–H groups in total. The first-order valence-corrected chi connectivity index (χ1v) is 11.9. The monoisotopic (exact) mass is 462 g/mol. The number of alkyl halides is 1. The molecule has 0 amide bonds. The molecule has 176 valence electrons. The van der Waals surface area contributed by atoms with Crippen molar-refractivity contribution in [1.82, 2.24) is 19.7 Å². The number of imidazole rings is 1. The van der Waals surface area contributed by atoms with Crippen LogP contribution >= 0.6 is 0 Å². The van der Waals surface area contributed by atoms with Crippen molar-refractivity contribution in [2.45, 2.75) is 37.6 Å². The Hall–Kier alpha value is -3.23. The fourth-order valence-electron chi connectivity index (χ4n) is 4.66. The highest BCUT2D eigenvalue weighted by molar-refractivity contribution is 5.86. The number of hydrogen-bond donors (Lipinski definition) is 1. The maximum absolute atomic E-state index is 14.4. The van der Waals surface area contributed by atoms with Crippen LogP contribution in [0, 0.1) is 0 Å². The normalized spacial score (nSPS) is 21.7. The Morgan fingerprint density at radius 3 is 2.85 bits per heavy atom. The van der Waals surface area contributed by atoms with E-state index in [1.165, 1.54) is 0 Å². The van der Waals surface area contributed by atoms with Crippen molar-refractivity contribution in [2.24, 2.45) is 0 Å². The molecule has 2 unspecified atom stereocenters. The van der Waals surface area contributed by atoms with E-state index >= 15 is 0 Å². The van der Waals surface area contributed by atoms with E-state index in [1.54, 1.807) is 0 Å². The van der Waals surface area contributed by atoms with Gasteiger partial charge in [0.05, 0.1) is 30.8 Å². The number of nitrogens with zero attached hydrogens (tertiary/aromatic N) is 3. The van der Waals surface area contributed by atoms with Crippen LogP contribution in [0.3, 0.4) is 0 Å². The lowest BCUT2D eigenvalue weighted by Gasteiger charge is -2.27. The Bertz CT molecular complexity index is 1300. The number of rotatable bonds is 5. The third-order valence-corrected chi connectivity index (χ3v) is 6.53. The van der Waals surface area contributed by atoms with Gasteiger partial charge in [-0.3, -0.25) is 4.40 Å². The van der Waals surface area contributed by atoms with Gasteiger partial charge in [0.2, 0.25) is 0 Å². The lowest BCUT2D eigenvalue weighted by atomic mass is 10.1. The summed E-state index contributed by atoms with van der Waals surface area (Å²) in [6.45, 7) is 2.54. The standard InChI is InChI=1S/C26H27FN4O3/c27-20-15-28-10-6-23(20)34-24-3-1-2-17-4-5-21(30-26(17)24)22-16-29-25-14-19(7-11-31(22)25)33-18-8-12-32-13-9-18/h1-5,7,11,14,16,18,20,23,28H,6,8-10,12-13,15H2. The quantitative estimate of drug-likeness (QED) is 0.480. The number of ether oxygens (including phenoxy) is 3. The van der Waals surface area contributed by atoms with Crippen LogP contribution in [0.25, 0.3) is 27.9 Å². The van der Waals surface area contributed by atoms with Gasteiger partial charge in [-0.25, -0.2) is 14.4 Å². The van der Waals surface area contributed by atoms with Crippen molar-refractivity contribution < 1.29 is 18.6 Å². The molecule has 5 heterocycles. The molecule has 0 spiro atoms. The van der Waals surface area contributed by atoms with Crippen LogP contribution < -0.4 is 14.8 Å². The Morgan fingerprint density at radius 2 is 1.97 bits per heavy atom. The van der Waals surface area contributed by atoms with Gasteiger partial charge in [-0.15, -0.1) is 0 Å². The van der Waals surface area contributed by atoms with Crippen LogP contribution in [0.15, 0.2) is 54.9 Å². The van der Waals surface area contributed by atoms with E-state index in [1.807, 2.05) is 59.3 Å². The molecule has 0 aliphatic carbocycles. The maximum atomic E-state index is 14.4. The van der Waals surface area contributed by atoms with E-state index in [9.17, 15) is 4.39 Å². The molecule has 1 aromatic carbocycles. The fraction of sp³-hybridized carbons (Fsp3) is 0.385. The molecule has 2 aliphatic rings. The first-order valence-electron chi connectivity index (χ1n) is 11.9. The van der Waals surface area contributed by atoms with Gasteiger partial charge in [0, 0.05) is 37.0 Å². The van der Waals surface area contributed by atoms with E-state index in [2.05, 4.69) is 10.3 Å². The highest BCUT2D eigenvalue weighted by Crippen LogP contribution is 2.30. The third-order valence-electron chi connectivity index (χ3n) is 6.53. The summed E-state index contributed by atoms with van der Waals surface area (Å²) >= 11 is 0. The summed E-state index contributed by atoms with van der Waals surface area (Å²) in [4.78, 5) is 9.49. The number of benzene rings is 1. The van der Waals surface area contributed by atoms with Crippen molar-refractivity contribution in [1.29, 1.82) is 0 Å². The molecule has 2 aliphatic heterocycles. The second-order valence-corrected chi connectivity index (χ2v) is 8.85. The predicted octanol–water partition coefficient (Wildman–Crippen LogP) is 4.19. The second-order valence-electron chi connectivity index (χ2n) is 8.85. The molecule has 3 aromatic heterocycles. The zero-order valence-corrected chi connectivity index (χ0v) is 18.8. The number of aromatic nitrogens is 3. The number of fused-ring (bicyclic) bond motifs is 2. The number of piperidine rings is 1. The van der Waals surface area contributed by atoms with Gasteiger partial charge in [-0.05, 0) is 31.2 Å². The van der Waals surface area contributed by atoms with Crippen molar-refractivity contribution >= 4 is 16.6 Å². The predicted molar refractivity (Wildman–Crippen MR) is 127 cm³/mol. The fourth-order valence-corrected chi connectivity index (χ4v) is 4.66. The molecule has 0 saturated carbocycles. The zero-order chi connectivity index (χ0) is 22.9. The smallest absolute Gasteiger partial charge is 0.149 e. The van der Waals surface area contributed by atoms with E-state index in [0.717, 1.165) is 66.3 Å². The van der Waals surface area contributed by atoms with Gasteiger partial charge in [-0.2, -0.15) is 0 Å². The SMILES string of the molecule is FC1CNCCC1Oc1cccc2ccc(-c3cnc4cc(OC5CCOCC5)ccn34)nc12. The summed E-state index contributed by atoms with van der Waals surface area (Å²) in [5.74, 6) is 1.41. The number of para-hydroxylation sites is 1. The zero-order valence-electron chi connectivity index (χ0n) is 18.8. The minimum absolute atomic E-state index is 0.176. The first kappa shape index (κ1) is 21.3. The Labute approximate surface area is 196 Å². The van der Waals surface area contributed by atoms with E-state index in [4.69, 9.17) is 19.2 Å². The summed E-state index contributed by atoms with van der Waals surface area (Å²) in [6, 6.07) is 13.7. The summed E-state index contributed by atoms with van der Waals surface area (Å²) in [7, 11) is 0. The largest absolute Gasteiger partial charge is 0.490 e. The number of pyridine rings is 2. The van der Waals surface area contributed by atoms with Crippen LogP contribution in [-0.4, -0.2) is 59.1 Å². The van der Waals surface area contributed by atoms with Crippen LogP contribution in [0.2, 0.25) is 0 Å². The Morgan fingerprint density at radius 1 is 1.06 bits per heavy atom. The molecule has 2 fully saturated rings. The molecule has 2 atom stereocenters.